The fourth-order valence-electron chi connectivity index (χ4n) is 1.35. The van der Waals surface area contributed by atoms with Gasteiger partial charge in [-0.15, -0.1) is 11.6 Å². The van der Waals surface area contributed by atoms with Crippen LogP contribution in [0.25, 0.3) is 0 Å². The van der Waals surface area contributed by atoms with E-state index in [-0.39, 0.29) is 5.91 Å². The van der Waals surface area contributed by atoms with E-state index in [1.54, 1.807) is 0 Å². The van der Waals surface area contributed by atoms with Crippen molar-refractivity contribution in [1.82, 2.24) is 4.90 Å². The summed E-state index contributed by atoms with van der Waals surface area (Å²) in [5, 5.41) is 0. The lowest BCUT2D eigenvalue weighted by atomic mass is 9.93. The number of carbonyl (C=O) groups excluding carboxylic acids is 1. The SMILES string of the molecule is CCC(C)CN(CC)C(=O)C(C)(C)CCl. The standard InChI is InChI=1S/C12H24ClNO/c1-6-10(3)8-14(7-2)11(15)12(4,5)9-13/h10H,6-9H2,1-5H3. The zero-order valence-corrected chi connectivity index (χ0v) is 11.4. The minimum Gasteiger partial charge on any atom is -0.342 e. The Morgan fingerprint density at radius 2 is 1.93 bits per heavy atom. The largest absolute Gasteiger partial charge is 0.342 e. The van der Waals surface area contributed by atoms with Gasteiger partial charge < -0.3 is 4.90 Å². The van der Waals surface area contributed by atoms with Gasteiger partial charge in [0.15, 0.2) is 0 Å². The lowest BCUT2D eigenvalue weighted by molar-refractivity contribution is -0.139. The molecule has 0 bridgehead atoms. The Morgan fingerprint density at radius 3 is 2.27 bits per heavy atom. The molecule has 0 aromatic heterocycles. The Hall–Kier alpha value is -0.240. The van der Waals surface area contributed by atoms with Gasteiger partial charge in [-0.3, -0.25) is 4.79 Å². The van der Waals surface area contributed by atoms with Gasteiger partial charge >= 0.3 is 0 Å². The zero-order valence-electron chi connectivity index (χ0n) is 10.6. The summed E-state index contributed by atoms with van der Waals surface area (Å²) in [6, 6.07) is 0. The van der Waals surface area contributed by atoms with E-state index >= 15 is 0 Å². The molecule has 0 aromatic rings. The smallest absolute Gasteiger partial charge is 0.229 e. The fraction of sp³-hybridized carbons (Fsp3) is 0.917. The third-order valence-electron chi connectivity index (χ3n) is 2.81. The molecule has 0 saturated carbocycles. The summed E-state index contributed by atoms with van der Waals surface area (Å²) < 4.78 is 0. The Labute approximate surface area is 99.0 Å². The number of alkyl halides is 1. The van der Waals surface area contributed by atoms with Crippen LogP contribution in [0.15, 0.2) is 0 Å². The normalized spacial score (nSPS) is 13.7. The molecular weight excluding hydrogens is 210 g/mol. The molecule has 0 spiro atoms. The third kappa shape index (κ3) is 4.42. The Balaban J connectivity index is 4.47. The summed E-state index contributed by atoms with van der Waals surface area (Å²) in [7, 11) is 0. The molecule has 1 amide bonds. The predicted molar refractivity (Wildman–Crippen MR) is 66.2 cm³/mol. The molecule has 90 valence electrons. The van der Waals surface area contributed by atoms with Crippen molar-refractivity contribution in [2.24, 2.45) is 11.3 Å². The van der Waals surface area contributed by atoms with E-state index in [1.165, 1.54) is 0 Å². The van der Waals surface area contributed by atoms with Crippen LogP contribution in [0, 0.1) is 11.3 Å². The molecule has 0 aliphatic heterocycles. The first-order valence-corrected chi connectivity index (χ1v) is 6.27. The van der Waals surface area contributed by atoms with Gasteiger partial charge in [-0.05, 0) is 26.7 Å². The molecule has 2 nitrogen and oxygen atoms in total. The maximum atomic E-state index is 12.1. The number of hydrogen-bond donors (Lipinski definition) is 0. The number of rotatable bonds is 6. The first-order chi connectivity index (χ1) is 6.88. The molecule has 0 aliphatic carbocycles. The molecule has 0 radical (unpaired) electrons. The minimum absolute atomic E-state index is 0.167. The summed E-state index contributed by atoms with van der Waals surface area (Å²) in [6.07, 6.45) is 1.10. The fourth-order valence-corrected chi connectivity index (χ4v) is 1.46. The molecule has 0 saturated heterocycles. The number of hydrogen-bond acceptors (Lipinski definition) is 1. The highest BCUT2D eigenvalue weighted by atomic mass is 35.5. The molecule has 15 heavy (non-hydrogen) atoms. The maximum Gasteiger partial charge on any atom is 0.229 e. The summed E-state index contributed by atoms with van der Waals surface area (Å²) in [5.41, 5.74) is -0.439. The average molecular weight is 234 g/mol. The van der Waals surface area contributed by atoms with Crippen LogP contribution in [-0.2, 0) is 4.79 Å². The number of amides is 1. The van der Waals surface area contributed by atoms with Crippen molar-refractivity contribution in [3.63, 3.8) is 0 Å². The predicted octanol–water partition coefficient (Wildman–Crippen LogP) is 3.15. The molecule has 1 atom stereocenters. The highest BCUT2D eigenvalue weighted by molar-refractivity contribution is 6.19. The average Bonchev–Trinajstić information content (AvgIpc) is 2.24. The van der Waals surface area contributed by atoms with Crippen molar-refractivity contribution in [2.75, 3.05) is 19.0 Å². The van der Waals surface area contributed by atoms with Crippen LogP contribution >= 0.6 is 11.6 Å². The van der Waals surface area contributed by atoms with Gasteiger partial charge in [0.2, 0.25) is 5.91 Å². The van der Waals surface area contributed by atoms with Crippen molar-refractivity contribution in [2.45, 2.75) is 41.0 Å². The van der Waals surface area contributed by atoms with Crippen molar-refractivity contribution in [3.8, 4) is 0 Å². The number of carbonyl (C=O) groups is 1. The number of halogens is 1. The highest BCUT2D eigenvalue weighted by Crippen LogP contribution is 2.21. The van der Waals surface area contributed by atoms with Crippen molar-refractivity contribution < 1.29 is 4.79 Å². The van der Waals surface area contributed by atoms with Crippen molar-refractivity contribution in [3.05, 3.63) is 0 Å². The first-order valence-electron chi connectivity index (χ1n) is 5.74. The van der Waals surface area contributed by atoms with Crippen LogP contribution in [-0.4, -0.2) is 29.8 Å². The summed E-state index contributed by atoms with van der Waals surface area (Å²) in [5.74, 6) is 1.10. The van der Waals surface area contributed by atoms with Crippen LogP contribution in [0.2, 0.25) is 0 Å². The second-order valence-corrected chi connectivity index (χ2v) is 5.14. The lowest BCUT2D eigenvalue weighted by Crippen LogP contribution is -2.43. The van der Waals surface area contributed by atoms with Crippen LogP contribution in [0.3, 0.4) is 0 Å². The quantitative estimate of drug-likeness (QED) is 0.646. The highest BCUT2D eigenvalue weighted by Gasteiger charge is 2.30. The Kier molecular flexibility index (Phi) is 6.26. The molecule has 0 N–H and O–H groups in total. The Morgan fingerprint density at radius 1 is 1.40 bits per heavy atom. The van der Waals surface area contributed by atoms with Gasteiger partial charge in [0.1, 0.15) is 0 Å². The van der Waals surface area contributed by atoms with Crippen LogP contribution in [0.1, 0.15) is 41.0 Å². The Bertz CT molecular complexity index is 204. The van der Waals surface area contributed by atoms with Crippen LogP contribution in [0.5, 0.6) is 0 Å². The van der Waals surface area contributed by atoms with Crippen molar-refractivity contribution >= 4 is 17.5 Å². The van der Waals surface area contributed by atoms with Crippen LogP contribution in [0.4, 0.5) is 0 Å². The van der Waals surface area contributed by atoms with E-state index in [9.17, 15) is 4.79 Å². The summed E-state index contributed by atoms with van der Waals surface area (Å²) >= 11 is 5.81. The third-order valence-corrected chi connectivity index (χ3v) is 3.48. The minimum atomic E-state index is -0.439. The molecular formula is C12H24ClNO. The van der Waals surface area contributed by atoms with Gasteiger partial charge in [0, 0.05) is 19.0 Å². The van der Waals surface area contributed by atoms with Crippen LogP contribution < -0.4 is 0 Å². The van der Waals surface area contributed by atoms with E-state index in [1.807, 2.05) is 25.7 Å². The van der Waals surface area contributed by atoms with Gasteiger partial charge in [-0.2, -0.15) is 0 Å². The second kappa shape index (κ2) is 6.37. The second-order valence-electron chi connectivity index (χ2n) is 4.87. The zero-order chi connectivity index (χ0) is 12.1. The number of nitrogens with zero attached hydrogens (tertiary/aromatic N) is 1. The van der Waals surface area contributed by atoms with Gasteiger partial charge in [-0.25, -0.2) is 0 Å². The first kappa shape index (κ1) is 14.8. The van der Waals surface area contributed by atoms with E-state index in [4.69, 9.17) is 11.6 Å². The monoisotopic (exact) mass is 233 g/mol. The van der Waals surface area contributed by atoms with Gasteiger partial charge in [-0.1, -0.05) is 20.3 Å². The molecule has 0 aromatic carbocycles. The van der Waals surface area contributed by atoms with E-state index < -0.39 is 5.41 Å². The van der Waals surface area contributed by atoms with E-state index in [0.717, 1.165) is 19.5 Å². The summed E-state index contributed by atoms with van der Waals surface area (Å²) in [6.45, 7) is 11.8. The topological polar surface area (TPSA) is 20.3 Å². The molecule has 0 fully saturated rings. The maximum absolute atomic E-state index is 12.1. The molecule has 0 rings (SSSR count). The van der Waals surface area contributed by atoms with Gasteiger partial charge in [0.05, 0.1) is 5.41 Å². The molecule has 3 heteroatoms. The van der Waals surface area contributed by atoms with E-state index in [2.05, 4.69) is 13.8 Å². The lowest BCUT2D eigenvalue weighted by Gasteiger charge is -2.31. The molecule has 0 heterocycles. The van der Waals surface area contributed by atoms with Gasteiger partial charge in [0.25, 0.3) is 0 Å². The molecule has 1 unspecified atom stereocenters. The van der Waals surface area contributed by atoms with E-state index in [0.29, 0.717) is 11.8 Å². The molecule has 0 aliphatic rings. The van der Waals surface area contributed by atoms with Crippen molar-refractivity contribution in [1.29, 1.82) is 0 Å². The summed E-state index contributed by atoms with van der Waals surface area (Å²) in [4.78, 5) is 14.0.